The van der Waals surface area contributed by atoms with Crippen LogP contribution in [0.1, 0.15) is 63.0 Å². The van der Waals surface area contributed by atoms with E-state index in [-0.39, 0.29) is 44.3 Å². The molecule has 3 fully saturated rings. The highest BCUT2D eigenvalue weighted by Crippen LogP contribution is 2.39. The summed E-state index contributed by atoms with van der Waals surface area (Å²) >= 11 is 0. The van der Waals surface area contributed by atoms with Crippen molar-refractivity contribution in [2.45, 2.75) is 88.6 Å². The Morgan fingerprint density at radius 3 is 2.73 bits per heavy atom. The van der Waals surface area contributed by atoms with Crippen molar-refractivity contribution >= 4 is 29.4 Å². The third-order valence-electron chi connectivity index (χ3n) is 7.78. The molecule has 216 valence electrons. The molecule has 3 aliphatic heterocycles. The van der Waals surface area contributed by atoms with Crippen LogP contribution >= 0.6 is 0 Å². The maximum Gasteiger partial charge on any atom is 0.410 e. The highest BCUT2D eigenvalue weighted by Gasteiger charge is 2.55. The van der Waals surface area contributed by atoms with Crippen molar-refractivity contribution in [2.24, 2.45) is 5.16 Å². The number of likely N-dealkylation sites (tertiary alicyclic amines) is 1. The van der Waals surface area contributed by atoms with E-state index in [2.05, 4.69) is 15.8 Å². The van der Waals surface area contributed by atoms with Crippen LogP contribution < -0.4 is 10.6 Å². The molecular weight excluding hydrogens is 523 g/mol. The van der Waals surface area contributed by atoms with Gasteiger partial charge in [0.2, 0.25) is 11.7 Å². The first kappa shape index (κ1) is 28.0. The fraction of sp³-hybridized carbons (Fsp3) is 0.607. The third-order valence-corrected chi connectivity index (χ3v) is 7.78. The molecule has 5 rings (SSSR count). The molecule has 0 bridgehead atoms. The normalized spacial score (nSPS) is 26.3. The van der Waals surface area contributed by atoms with Crippen LogP contribution in [-0.2, 0) is 28.7 Å². The zero-order valence-electron chi connectivity index (χ0n) is 22.7. The van der Waals surface area contributed by atoms with Crippen molar-refractivity contribution in [3.63, 3.8) is 0 Å². The van der Waals surface area contributed by atoms with Gasteiger partial charge in [-0.25, -0.2) is 9.18 Å². The number of hydrogen-bond donors (Lipinski definition) is 2. The topological polar surface area (TPSA) is 136 Å². The van der Waals surface area contributed by atoms with Gasteiger partial charge in [-0.2, -0.15) is 0 Å². The van der Waals surface area contributed by atoms with Crippen molar-refractivity contribution in [1.29, 1.82) is 0 Å². The number of carbonyl (C=O) groups excluding carboxylic acids is 4. The van der Waals surface area contributed by atoms with Crippen LogP contribution in [0.2, 0.25) is 0 Å². The van der Waals surface area contributed by atoms with E-state index in [1.807, 2.05) is 6.92 Å². The smallest absolute Gasteiger partial charge is 0.410 e. The quantitative estimate of drug-likeness (QED) is 0.443. The summed E-state index contributed by atoms with van der Waals surface area (Å²) in [6.45, 7) is 4.27. The lowest BCUT2D eigenvalue weighted by molar-refractivity contribution is -0.140. The molecule has 40 heavy (non-hydrogen) atoms. The molecule has 2 saturated heterocycles. The minimum atomic E-state index is -1.03. The number of carbonyl (C=O) groups is 4. The molecule has 1 aromatic carbocycles. The molecule has 1 spiro atoms. The van der Waals surface area contributed by atoms with Gasteiger partial charge in [-0.3, -0.25) is 19.3 Å². The highest BCUT2D eigenvalue weighted by atomic mass is 19.1. The second-order valence-corrected chi connectivity index (χ2v) is 11.1. The van der Waals surface area contributed by atoms with E-state index in [0.717, 1.165) is 12.8 Å². The van der Waals surface area contributed by atoms with Gasteiger partial charge in [-0.05, 0) is 37.8 Å². The summed E-state index contributed by atoms with van der Waals surface area (Å²) in [4.78, 5) is 59.3. The van der Waals surface area contributed by atoms with Crippen LogP contribution in [0, 0.1) is 12.7 Å². The number of rotatable bonds is 9. The van der Waals surface area contributed by atoms with E-state index < -0.39 is 47.5 Å². The fourth-order valence-corrected chi connectivity index (χ4v) is 5.30. The Bertz CT molecular complexity index is 1210. The summed E-state index contributed by atoms with van der Waals surface area (Å²) < 4.78 is 25.1. The minimum absolute atomic E-state index is 0.00432. The van der Waals surface area contributed by atoms with Crippen LogP contribution in [0.15, 0.2) is 23.4 Å². The first-order valence-electron chi connectivity index (χ1n) is 13.9. The lowest BCUT2D eigenvalue weighted by Crippen LogP contribution is -2.53. The molecule has 1 saturated carbocycles. The van der Waals surface area contributed by atoms with E-state index >= 15 is 0 Å². The average Bonchev–Trinajstić information content (AvgIpc) is 3.30. The van der Waals surface area contributed by atoms with Gasteiger partial charge >= 0.3 is 6.09 Å². The number of halogens is 1. The summed E-state index contributed by atoms with van der Waals surface area (Å²) in [5.74, 6) is -2.38. The van der Waals surface area contributed by atoms with Crippen LogP contribution in [0.4, 0.5) is 9.18 Å². The van der Waals surface area contributed by atoms with Crippen LogP contribution in [0.5, 0.6) is 0 Å². The first-order chi connectivity index (χ1) is 19.2. The summed E-state index contributed by atoms with van der Waals surface area (Å²) in [5, 5.41) is 9.57. The number of amides is 3. The number of aryl methyl sites for hydroxylation is 1. The molecule has 0 aromatic heterocycles. The summed E-state index contributed by atoms with van der Waals surface area (Å²) in [6, 6.07) is 2.73. The summed E-state index contributed by atoms with van der Waals surface area (Å²) in [6.07, 6.45) is 2.24. The third kappa shape index (κ3) is 6.11. The Kier molecular flexibility index (Phi) is 8.07. The van der Waals surface area contributed by atoms with Crippen LogP contribution in [-0.4, -0.2) is 83.9 Å². The standard InChI is InChI=1S/C28H35FN4O7/c1-3-4-21(24(34)26(36)30-18-7-8-18)31-25(35)23-13-28(15-33(23)27(37)39-19-9-10-38-14-19)12-22(32-40-28)17-6-5-16(2)20(29)11-17/h5-6,11,18-19,21,23H,3-4,7-10,12-15H2,1-2H3,(H,30,36)(H,31,35)/t19-,21-,23-,28+/m0/s1. The van der Waals surface area contributed by atoms with Gasteiger partial charge in [0.25, 0.3) is 5.91 Å². The highest BCUT2D eigenvalue weighted by molar-refractivity contribution is 6.38. The van der Waals surface area contributed by atoms with Gasteiger partial charge in [0.1, 0.15) is 18.0 Å². The van der Waals surface area contributed by atoms with Crippen LogP contribution in [0.3, 0.4) is 0 Å². The van der Waals surface area contributed by atoms with E-state index in [4.69, 9.17) is 14.3 Å². The first-order valence-corrected chi connectivity index (χ1v) is 13.9. The number of ether oxygens (including phenoxy) is 2. The monoisotopic (exact) mass is 558 g/mol. The Morgan fingerprint density at radius 1 is 1.25 bits per heavy atom. The molecular formula is C28H35FN4O7. The molecule has 12 heteroatoms. The lowest BCUT2D eigenvalue weighted by atomic mass is 9.91. The summed E-state index contributed by atoms with van der Waals surface area (Å²) in [5.41, 5.74) is 0.536. The van der Waals surface area contributed by atoms with E-state index in [1.54, 1.807) is 19.1 Å². The predicted octanol–water partition coefficient (Wildman–Crippen LogP) is 2.13. The van der Waals surface area contributed by atoms with Crippen molar-refractivity contribution in [3.8, 4) is 0 Å². The van der Waals surface area contributed by atoms with Gasteiger partial charge < -0.3 is 24.9 Å². The Balaban J connectivity index is 1.32. The molecule has 1 aromatic rings. The molecule has 4 atom stereocenters. The minimum Gasteiger partial charge on any atom is -0.444 e. The van der Waals surface area contributed by atoms with Crippen molar-refractivity contribution in [3.05, 3.63) is 35.1 Å². The SMILES string of the molecule is CCC[C@H](NC(=O)[C@@H]1C[C@]2(CC(c3ccc(C)c(F)c3)=NO2)CN1C(=O)O[C@H]1CCOC1)C(=O)C(=O)NC1CC1. The number of ketones is 1. The Labute approximate surface area is 231 Å². The fourth-order valence-electron chi connectivity index (χ4n) is 5.30. The maximum absolute atomic E-state index is 14.2. The number of hydrogen-bond acceptors (Lipinski definition) is 8. The van der Waals surface area contributed by atoms with E-state index in [0.29, 0.717) is 36.3 Å². The zero-order chi connectivity index (χ0) is 28.4. The van der Waals surface area contributed by atoms with Gasteiger partial charge in [-0.1, -0.05) is 30.6 Å². The Hall–Kier alpha value is -3.54. The van der Waals surface area contributed by atoms with Crippen LogP contribution in [0.25, 0.3) is 0 Å². The zero-order valence-corrected chi connectivity index (χ0v) is 22.7. The van der Waals surface area contributed by atoms with Gasteiger partial charge in [0.05, 0.1) is 31.5 Å². The number of nitrogens with one attached hydrogen (secondary N) is 2. The van der Waals surface area contributed by atoms with Gasteiger partial charge in [0.15, 0.2) is 5.60 Å². The molecule has 11 nitrogen and oxygen atoms in total. The number of oxime groups is 1. The maximum atomic E-state index is 14.2. The molecule has 0 radical (unpaired) electrons. The second kappa shape index (κ2) is 11.5. The lowest BCUT2D eigenvalue weighted by Gasteiger charge is -2.26. The predicted molar refractivity (Wildman–Crippen MR) is 140 cm³/mol. The number of benzene rings is 1. The molecule has 3 heterocycles. The number of Topliss-reactive ketones (excluding diaryl/α,β-unsaturated/α-hetero) is 1. The molecule has 4 aliphatic rings. The van der Waals surface area contributed by atoms with Crippen molar-refractivity contribution in [1.82, 2.24) is 15.5 Å². The summed E-state index contributed by atoms with van der Waals surface area (Å²) in [7, 11) is 0. The average molecular weight is 559 g/mol. The molecule has 0 unspecified atom stereocenters. The van der Waals surface area contributed by atoms with Gasteiger partial charge in [0, 0.05) is 30.9 Å². The van der Waals surface area contributed by atoms with E-state index in [1.165, 1.54) is 11.0 Å². The Morgan fingerprint density at radius 2 is 2.05 bits per heavy atom. The van der Waals surface area contributed by atoms with Crippen molar-refractivity contribution < 1.29 is 37.9 Å². The van der Waals surface area contributed by atoms with E-state index in [9.17, 15) is 23.6 Å². The largest absolute Gasteiger partial charge is 0.444 e. The van der Waals surface area contributed by atoms with Crippen molar-refractivity contribution in [2.75, 3.05) is 19.8 Å². The number of nitrogens with zero attached hydrogens (tertiary/aromatic N) is 2. The van der Waals surface area contributed by atoms with Gasteiger partial charge in [-0.15, -0.1) is 0 Å². The molecule has 1 aliphatic carbocycles. The second-order valence-electron chi connectivity index (χ2n) is 11.1. The molecule has 2 N–H and O–H groups in total. The molecule has 3 amide bonds.